The van der Waals surface area contributed by atoms with E-state index >= 15 is 0 Å². The van der Waals surface area contributed by atoms with E-state index in [4.69, 9.17) is 4.74 Å². The fourth-order valence-corrected chi connectivity index (χ4v) is 1.83. The number of aromatic nitrogens is 2. The lowest BCUT2D eigenvalue weighted by molar-refractivity contribution is -0.143. The molecule has 0 radical (unpaired) electrons. The second kappa shape index (κ2) is 5.82. The van der Waals surface area contributed by atoms with Gasteiger partial charge in [-0.05, 0) is 20.3 Å². The predicted molar refractivity (Wildman–Crippen MR) is 65.6 cm³/mol. The van der Waals surface area contributed by atoms with Crippen LogP contribution in [0.5, 0.6) is 0 Å². The van der Waals surface area contributed by atoms with Crippen LogP contribution in [0, 0.1) is 6.92 Å². The summed E-state index contributed by atoms with van der Waals surface area (Å²) in [6, 6.07) is -0.192. The Labute approximate surface area is 102 Å². The van der Waals surface area contributed by atoms with Crippen molar-refractivity contribution in [3.63, 3.8) is 0 Å². The largest absolute Gasteiger partial charge is 0.468 e. The highest BCUT2D eigenvalue weighted by Gasteiger charge is 2.21. The molecule has 0 amide bonds. The van der Waals surface area contributed by atoms with E-state index < -0.39 is 0 Å². The fourth-order valence-electron chi connectivity index (χ4n) is 1.83. The van der Waals surface area contributed by atoms with Gasteiger partial charge >= 0.3 is 5.97 Å². The summed E-state index contributed by atoms with van der Waals surface area (Å²) in [4.78, 5) is 11.5. The normalized spacial score (nSPS) is 14.4. The molecule has 5 heteroatoms. The lowest BCUT2D eigenvalue weighted by Gasteiger charge is -2.20. The number of hydrogen-bond donors (Lipinski definition) is 1. The van der Waals surface area contributed by atoms with Gasteiger partial charge in [-0.3, -0.25) is 14.8 Å². The van der Waals surface area contributed by atoms with E-state index in [0.717, 1.165) is 11.3 Å². The lowest BCUT2D eigenvalue weighted by atomic mass is 10.1. The molecule has 96 valence electrons. The zero-order valence-electron chi connectivity index (χ0n) is 11.2. The summed E-state index contributed by atoms with van der Waals surface area (Å²) in [7, 11) is 3.32. The molecule has 0 aliphatic rings. The Morgan fingerprint density at radius 3 is 2.71 bits per heavy atom. The molecular weight excluding hydrogens is 218 g/mol. The molecule has 1 rings (SSSR count). The Bertz CT molecular complexity index is 387. The summed E-state index contributed by atoms with van der Waals surface area (Å²) >= 11 is 0. The molecule has 0 aromatic carbocycles. The Hall–Kier alpha value is -1.36. The molecule has 2 atom stereocenters. The van der Waals surface area contributed by atoms with Crippen LogP contribution in [0.4, 0.5) is 0 Å². The number of methoxy groups -OCH3 is 1. The van der Waals surface area contributed by atoms with Crippen molar-refractivity contribution < 1.29 is 9.53 Å². The van der Waals surface area contributed by atoms with Crippen LogP contribution in [-0.2, 0) is 16.6 Å². The van der Waals surface area contributed by atoms with Gasteiger partial charge in [-0.15, -0.1) is 0 Å². The molecular formula is C12H21N3O2. The standard InChI is InChI=1S/C12H21N3O2/c1-6-11(12(16)17-5)14-8(2)10-7-13-15(4)9(10)3/h7-8,11,14H,6H2,1-5H3. The van der Waals surface area contributed by atoms with Crippen LogP contribution < -0.4 is 5.32 Å². The van der Waals surface area contributed by atoms with Crippen LogP contribution in [0.1, 0.15) is 37.6 Å². The first-order valence-corrected chi connectivity index (χ1v) is 5.83. The maximum Gasteiger partial charge on any atom is 0.322 e. The highest BCUT2D eigenvalue weighted by molar-refractivity contribution is 5.75. The number of carbonyl (C=O) groups excluding carboxylic acids is 1. The summed E-state index contributed by atoms with van der Waals surface area (Å²) in [5.74, 6) is -0.221. The fraction of sp³-hybridized carbons (Fsp3) is 0.667. The summed E-state index contributed by atoms with van der Waals surface area (Å²) in [6.45, 7) is 5.99. The molecule has 0 saturated carbocycles. The van der Waals surface area contributed by atoms with Gasteiger partial charge in [0.15, 0.2) is 0 Å². The van der Waals surface area contributed by atoms with Gasteiger partial charge in [0.05, 0.1) is 13.3 Å². The SMILES string of the molecule is CCC(NC(C)c1cnn(C)c1C)C(=O)OC. The molecule has 0 fully saturated rings. The van der Waals surface area contributed by atoms with Crippen molar-refractivity contribution in [1.29, 1.82) is 0 Å². The van der Waals surface area contributed by atoms with Gasteiger partial charge in [0.25, 0.3) is 0 Å². The van der Waals surface area contributed by atoms with Gasteiger partial charge in [0.2, 0.25) is 0 Å². The molecule has 0 bridgehead atoms. The van der Waals surface area contributed by atoms with Crippen molar-refractivity contribution in [2.75, 3.05) is 7.11 Å². The van der Waals surface area contributed by atoms with Crippen LogP contribution in [0.2, 0.25) is 0 Å². The number of rotatable bonds is 5. The Morgan fingerprint density at radius 2 is 2.29 bits per heavy atom. The van der Waals surface area contributed by atoms with Crippen molar-refractivity contribution in [2.45, 2.75) is 39.3 Å². The van der Waals surface area contributed by atoms with Gasteiger partial charge in [-0.1, -0.05) is 6.92 Å². The third-order valence-corrected chi connectivity index (χ3v) is 3.08. The minimum atomic E-state index is -0.269. The van der Waals surface area contributed by atoms with E-state index in [-0.39, 0.29) is 18.1 Å². The molecule has 0 aliphatic carbocycles. The average Bonchev–Trinajstić information content (AvgIpc) is 2.66. The predicted octanol–water partition coefficient (Wildman–Crippen LogP) is 1.33. The van der Waals surface area contributed by atoms with Crippen LogP contribution in [0.15, 0.2) is 6.20 Å². The number of hydrogen-bond acceptors (Lipinski definition) is 4. The molecule has 5 nitrogen and oxygen atoms in total. The van der Waals surface area contributed by atoms with E-state index in [2.05, 4.69) is 10.4 Å². The molecule has 1 heterocycles. The summed E-state index contributed by atoms with van der Waals surface area (Å²) in [5, 5.41) is 7.46. The molecule has 1 aromatic heterocycles. The maximum absolute atomic E-state index is 11.5. The van der Waals surface area contributed by atoms with Gasteiger partial charge in [0, 0.05) is 24.3 Å². The summed E-state index contributed by atoms with van der Waals surface area (Å²) in [5.41, 5.74) is 2.21. The zero-order valence-corrected chi connectivity index (χ0v) is 11.2. The summed E-state index contributed by atoms with van der Waals surface area (Å²) in [6.07, 6.45) is 2.54. The Balaban J connectivity index is 2.74. The zero-order chi connectivity index (χ0) is 13.0. The van der Waals surface area contributed by atoms with E-state index in [0.29, 0.717) is 6.42 Å². The minimum Gasteiger partial charge on any atom is -0.468 e. The number of aryl methyl sites for hydroxylation is 1. The first-order valence-electron chi connectivity index (χ1n) is 5.83. The smallest absolute Gasteiger partial charge is 0.322 e. The van der Waals surface area contributed by atoms with Gasteiger partial charge < -0.3 is 4.74 Å². The lowest BCUT2D eigenvalue weighted by Crippen LogP contribution is -2.38. The topological polar surface area (TPSA) is 56.2 Å². The Kier molecular flexibility index (Phi) is 4.69. The van der Waals surface area contributed by atoms with Crippen molar-refractivity contribution in [3.05, 3.63) is 17.5 Å². The second-order valence-corrected chi connectivity index (χ2v) is 4.18. The number of ether oxygens (including phenoxy) is 1. The van der Waals surface area contributed by atoms with Gasteiger partial charge in [-0.25, -0.2) is 0 Å². The monoisotopic (exact) mass is 239 g/mol. The van der Waals surface area contributed by atoms with Crippen LogP contribution in [0.25, 0.3) is 0 Å². The first kappa shape index (κ1) is 13.7. The molecule has 0 spiro atoms. The third kappa shape index (κ3) is 3.06. The number of carbonyl (C=O) groups is 1. The van der Waals surface area contributed by atoms with Crippen molar-refractivity contribution in [1.82, 2.24) is 15.1 Å². The van der Waals surface area contributed by atoms with E-state index in [1.165, 1.54) is 7.11 Å². The van der Waals surface area contributed by atoms with E-state index in [9.17, 15) is 4.79 Å². The van der Waals surface area contributed by atoms with Gasteiger partial charge in [-0.2, -0.15) is 5.10 Å². The molecule has 0 saturated heterocycles. The third-order valence-electron chi connectivity index (χ3n) is 3.08. The average molecular weight is 239 g/mol. The quantitative estimate of drug-likeness (QED) is 0.788. The molecule has 0 aliphatic heterocycles. The van der Waals surface area contributed by atoms with Crippen LogP contribution >= 0.6 is 0 Å². The minimum absolute atomic E-state index is 0.0766. The Morgan fingerprint density at radius 1 is 1.65 bits per heavy atom. The molecule has 1 aromatic rings. The number of nitrogens with one attached hydrogen (secondary N) is 1. The maximum atomic E-state index is 11.5. The van der Waals surface area contributed by atoms with Crippen molar-refractivity contribution >= 4 is 5.97 Å². The van der Waals surface area contributed by atoms with Crippen LogP contribution in [0.3, 0.4) is 0 Å². The molecule has 2 unspecified atom stereocenters. The van der Waals surface area contributed by atoms with Crippen molar-refractivity contribution in [3.8, 4) is 0 Å². The number of esters is 1. The molecule has 1 N–H and O–H groups in total. The first-order chi connectivity index (χ1) is 8.01. The second-order valence-electron chi connectivity index (χ2n) is 4.18. The van der Waals surface area contributed by atoms with Crippen LogP contribution in [-0.4, -0.2) is 28.9 Å². The molecule has 17 heavy (non-hydrogen) atoms. The van der Waals surface area contributed by atoms with Crippen molar-refractivity contribution in [2.24, 2.45) is 7.05 Å². The van der Waals surface area contributed by atoms with E-state index in [1.54, 1.807) is 0 Å². The number of nitrogens with zero attached hydrogens (tertiary/aromatic N) is 2. The highest BCUT2D eigenvalue weighted by Crippen LogP contribution is 2.17. The van der Waals surface area contributed by atoms with E-state index in [1.807, 2.05) is 38.7 Å². The summed E-state index contributed by atoms with van der Waals surface area (Å²) < 4.78 is 6.58. The highest BCUT2D eigenvalue weighted by atomic mass is 16.5. The van der Waals surface area contributed by atoms with Gasteiger partial charge in [0.1, 0.15) is 6.04 Å².